The number of halogens is 1. The number of hydrazine groups is 1. The van der Waals surface area contributed by atoms with Crippen molar-refractivity contribution < 1.29 is 4.74 Å². The van der Waals surface area contributed by atoms with Crippen LogP contribution >= 0.6 is 23.9 Å². The molecule has 0 bridgehead atoms. The number of fused-ring (bicyclic) bond motifs is 1. The van der Waals surface area contributed by atoms with Gasteiger partial charge in [0.2, 0.25) is 5.95 Å². The van der Waals surface area contributed by atoms with E-state index in [-0.39, 0.29) is 7.92 Å². The third kappa shape index (κ3) is 5.51. The quantitative estimate of drug-likeness (QED) is 0.242. The number of likely N-dealkylation sites (N-methyl/N-ethyl adjacent to an activating group) is 1. The number of rotatable bonds is 7. The molecule has 1 aliphatic heterocycles. The Labute approximate surface area is 221 Å². The van der Waals surface area contributed by atoms with Crippen molar-refractivity contribution in [1.82, 2.24) is 15.0 Å². The van der Waals surface area contributed by atoms with Gasteiger partial charge in [0.05, 0.1) is 29.0 Å². The van der Waals surface area contributed by atoms with E-state index in [9.17, 15) is 0 Å². The van der Waals surface area contributed by atoms with E-state index >= 15 is 0 Å². The summed E-state index contributed by atoms with van der Waals surface area (Å²) in [5.41, 5.74) is 10.4. The van der Waals surface area contributed by atoms with Crippen molar-refractivity contribution in [3.05, 3.63) is 58.8 Å². The van der Waals surface area contributed by atoms with Gasteiger partial charge in [0.1, 0.15) is 11.6 Å². The lowest BCUT2D eigenvalue weighted by Crippen LogP contribution is -2.34. The normalized spacial score (nSPS) is 14.6. The predicted molar refractivity (Wildman–Crippen MR) is 155 cm³/mol. The van der Waals surface area contributed by atoms with E-state index < -0.39 is 0 Å². The fourth-order valence-electron chi connectivity index (χ4n) is 4.03. The average molecular weight is 571 g/mol. The second-order valence-corrected chi connectivity index (χ2v) is 11.6. The number of nitrogens with two attached hydrogens (primary N) is 2. The van der Waals surface area contributed by atoms with Crippen molar-refractivity contribution in [3.63, 3.8) is 0 Å². The number of aromatic nitrogens is 2. The van der Waals surface area contributed by atoms with Crippen molar-refractivity contribution in [2.75, 3.05) is 55.6 Å². The third-order valence-corrected chi connectivity index (χ3v) is 7.79. The molecule has 0 atom stereocenters. The molecule has 0 fully saturated rings. The Morgan fingerprint density at radius 1 is 1.17 bits per heavy atom. The minimum atomic E-state index is -0.286. The number of hydrogen-bond acceptors (Lipinski definition) is 9. The summed E-state index contributed by atoms with van der Waals surface area (Å²) in [6, 6.07) is 12.3. The minimum absolute atomic E-state index is 0.286. The van der Waals surface area contributed by atoms with Gasteiger partial charge in [0.25, 0.3) is 0 Å². The largest absolute Gasteiger partial charge is 0.492 e. The van der Waals surface area contributed by atoms with Crippen LogP contribution in [0.3, 0.4) is 0 Å². The molecule has 0 saturated carbocycles. The van der Waals surface area contributed by atoms with E-state index in [2.05, 4.69) is 68.0 Å². The number of hydrogen-bond donors (Lipinski definition) is 4. The molecular weight excluding hydrogens is 539 g/mol. The predicted octanol–water partition coefficient (Wildman–Crippen LogP) is 4.37. The van der Waals surface area contributed by atoms with Gasteiger partial charge in [-0.25, -0.2) is 10.8 Å². The second-order valence-electron chi connectivity index (χ2n) is 8.52. The van der Waals surface area contributed by atoms with Crippen molar-refractivity contribution in [2.45, 2.75) is 6.92 Å². The van der Waals surface area contributed by atoms with Crippen molar-refractivity contribution in [1.29, 1.82) is 0 Å². The summed E-state index contributed by atoms with van der Waals surface area (Å²) < 4.78 is 6.75. The first-order valence-electron chi connectivity index (χ1n) is 11.6. The number of nitrogens with zero attached hydrogens (tertiary/aromatic N) is 4. The smallest absolute Gasteiger partial charge is 0.229 e. The maximum atomic E-state index is 6.28. The first-order valence-corrected chi connectivity index (χ1v) is 14.6. The summed E-state index contributed by atoms with van der Waals surface area (Å²) in [4.78, 5) is 11.4. The second kappa shape index (κ2) is 11.3. The molecule has 1 aromatic heterocycles. The molecule has 11 heteroatoms. The molecular formula is C25H32BrN8OP. The molecule has 0 saturated heterocycles. The summed E-state index contributed by atoms with van der Waals surface area (Å²) in [5.74, 6) is 8.07. The molecule has 190 valence electrons. The topological polar surface area (TPSA) is 118 Å². The zero-order chi connectivity index (χ0) is 25.8. The van der Waals surface area contributed by atoms with Crippen LogP contribution in [0.5, 0.6) is 5.75 Å². The lowest BCUT2D eigenvalue weighted by Gasteiger charge is -2.22. The van der Waals surface area contributed by atoms with E-state index in [0.717, 1.165) is 39.3 Å². The lowest BCUT2D eigenvalue weighted by molar-refractivity contribution is 0.342. The number of ether oxygens (including phenoxy) is 1. The van der Waals surface area contributed by atoms with Crippen LogP contribution in [-0.4, -0.2) is 55.1 Å². The molecule has 0 spiro atoms. The molecule has 36 heavy (non-hydrogen) atoms. The molecule has 0 amide bonds. The fourth-order valence-corrected chi connectivity index (χ4v) is 5.32. The maximum Gasteiger partial charge on any atom is 0.229 e. The standard InChI is InChI=1S/C25H32BrN8OP/c1-5-35-22-13-20-16(21(14-27)34(28)11-10-33(20)2)12-19(22)31-25-29-15-17(26)24(32-25)30-18-8-6-7-9-23(18)36(3)4/h6-9,12-15H,5,10-11,27-28H2,1-4H3,(H2,29,30,31,32)/b21-14-. The zero-order valence-electron chi connectivity index (χ0n) is 20.9. The SMILES string of the molecule is CCOc1cc2c(cc1Nc1ncc(Br)c(Nc3ccccc3P(C)C)n1)/C(=C/N)N(N)CCN2C. The van der Waals surface area contributed by atoms with E-state index in [1.807, 2.05) is 32.2 Å². The van der Waals surface area contributed by atoms with Gasteiger partial charge in [0.15, 0.2) is 0 Å². The highest BCUT2D eigenvalue weighted by Gasteiger charge is 2.23. The van der Waals surface area contributed by atoms with E-state index in [4.69, 9.17) is 21.3 Å². The molecule has 9 nitrogen and oxygen atoms in total. The van der Waals surface area contributed by atoms with E-state index in [1.54, 1.807) is 11.2 Å². The van der Waals surface area contributed by atoms with Gasteiger partial charge in [-0.3, -0.25) is 0 Å². The van der Waals surface area contributed by atoms with Gasteiger partial charge in [-0.15, -0.1) is 0 Å². The Kier molecular flexibility index (Phi) is 8.18. The third-order valence-electron chi connectivity index (χ3n) is 5.86. The molecule has 1 aliphatic rings. The molecule has 2 heterocycles. The monoisotopic (exact) mass is 570 g/mol. The Morgan fingerprint density at radius 3 is 2.67 bits per heavy atom. The van der Waals surface area contributed by atoms with Gasteiger partial charge in [0, 0.05) is 49.0 Å². The molecule has 2 aromatic carbocycles. The Bertz CT molecular complexity index is 1270. The number of anilines is 5. The van der Waals surface area contributed by atoms with E-state index in [0.29, 0.717) is 30.7 Å². The molecule has 4 rings (SSSR count). The van der Waals surface area contributed by atoms with Gasteiger partial charge in [-0.2, -0.15) is 4.98 Å². The summed E-state index contributed by atoms with van der Waals surface area (Å²) in [6.45, 7) is 8.33. The van der Waals surface area contributed by atoms with Crippen LogP contribution in [-0.2, 0) is 0 Å². The Morgan fingerprint density at radius 2 is 1.94 bits per heavy atom. The Balaban J connectivity index is 1.72. The zero-order valence-corrected chi connectivity index (χ0v) is 23.4. The van der Waals surface area contributed by atoms with Crippen molar-refractivity contribution in [2.24, 2.45) is 11.6 Å². The number of para-hydroxylation sites is 1. The van der Waals surface area contributed by atoms with Crippen LogP contribution in [0.1, 0.15) is 12.5 Å². The first-order chi connectivity index (χ1) is 17.3. The molecule has 3 aromatic rings. The number of nitrogens with one attached hydrogen (secondary N) is 2. The van der Waals surface area contributed by atoms with Gasteiger partial charge in [-0.05, 0) is 53.6 Å². The highest BCUT2D eigenvalue weighted by atomic mass is 79.9. The van der Waals surface area contributed by atoms with Crippen LogP contribution < -0.4 is 37.2 Å². The van der Waals surface area contributed by atoms with Crippen LogP contribution in [0.25, 0.3) is 5.70 Å². The van der Waals surface area contributed by atoms with Crippen LogP contribution in [0.15, 0.2) is 53.3 Å². The van der Waals surface area contributed by atoms with Gasteiger partial charge in [-0.1, -0.05) is 26.1 Å². The summed E-state index contributed by atoms with van der Waals surface area (Å²) in [7, 11) is 1.74. The summed E-state index contributed by atoms with van der Waals surface area (Å²) in [5, 5.41) is 9.75. The lowest BCUT2D eigenvalue weighted by atomic mass is 10.1. The van der Waals surface area contributed by atoms with E-state index in [1.165, 1.54) is 11.5 Å². The summed E-state index contributed by atoms with van der Waals surface area (Å²) >= 11 is 3.58. The van der Waals surface area contributed by atoms with Gasteiger partial charge < -0.3 is 31.0 Å². The minimum Gasteiger partial charge on any atom is -0.492 e. The van der Waals surface area contributed by atoms with Gasteiger partial charge >= 0.3 is 0 Å². The number of benzene rings is 2. The summed E-state index contributed by atoms with van der Waals surface area (Å²) in [6.07, 6.45) is 3.26. The van der Waals surface area contributed by atoms with Crippen LogP contribution in [0, 0.1) is 0 Å². The van der Waals surface area contributed by atoms with Crippen molar-refractivity contribution in [3.8, 4) is 5.75 Å². The first kappa shape index (κ1) is 26.0. The highest BCUT2D eigenvalue weighted by Crippen LogP contribution is 2.40. The highest BCUT2D eigenvalue weighted by molar-refractivity contribution is 9.10. The average Bonchev–Trinajstić information content (AvgIpc) is 2.97. The van der Waals surface area contributed by atoms with Crippen molar-refractivity contribution >= 4 is 63.7 Å². The van der Waals surface area contributed by atoms with Crippen LogP contribution in [0.2, 0.25) is 0 Å². The molecule has 0 unspecified atom stereocenters. The molecule has 0 aliphatic carbocycles. The molecule has 6 N–H and O–H groups in total. The Hall–Kier alpha value is -3.07. The molecule has 0 radical (unpaired) electrons. The van der Waals surface area contributed by atoms with Crippen LogP contribution in [0.4, 0.5) is 28.8 Å². The maximum absolute atomic E-state index is 6.28. The fraction of sp³-hybridized carbons (Fsp3) is 0.280.